The molecule has 10 heavy (non-hydrogen) atoms. The van der Waals surface area contributed by atoms with E-state index in [0.29, 0.717) is 0 Å². The van der Waals surface area contributed by atoms with E-state index in [2.05, 4.69) is 10.1 Å². The van der Waals surface area contributed by atoms with Crippen LogP contribution in [-0.2, 0) is 14.3 Å². The first-order chi connectivity index (χ1) is 4.75. The molecule has 0 saturated heterocycles. The van der Waals surface area contributed by atoms with Crippen LogP contribution in [0.15, 0.2) is 12.3 Å². The molecular formula is C6H7NO3. The Balaban J connectivity index is 2.74. The Kier molecular flexibility index (Phi) is 1.82. The van der Waals surface area contributed by atoms with Crippen molar-refractivity contribution in [1.82, 2.24) is 5.32 Å². The first kappa shape index (κ1) is 6.95. The van der Waals surface area contributed by atoms with Gasteiger partial charge in [0.05, 0.1) is 0 Å². The molecule has 0 aromatic carbocycles. The van der Waals surface area contributed by atoms with E-state index in [4.69, 9.17) is 0 Å². The maximum absolute atomic E-state index is 10.8. The minimum Gasteiger partial charge on any atom is -0.360 e. The standard InChI is InChI=1S/C6H7NO3/c1-10-6-5(9)4(8)2-3-7-6/h2-3,6-7H,1H3/t6-/m1/s1. The van der Waals surface area contributed by atoms with Crippen molar-refractivity contribution >= 4 is 11.6 Å². The summed E-state index contributed by atoms with van der Waals surface area (Å²) >= 11 is 0. The molecule has 0 spiro atoms. The Bertz CT molecular complexity index is 197. The van der Waals surface area contributed by atoms with Crippen molar-refractivity contribution in [2.24, 2.45) is 0 Å². The second-order valence-electron chi connectivity index (χ2n) is 1.84. The fraction of sp³-hybridized carbons (Fsp3) is 0.333. The summed E-state index contributed by atoms with van der Waals surface area (Å²) < 4.78 is 4.64. The van der Waals surface area contributed by atoms with E-state index >= 15 is 0 Å². The van der Waals surface area contributed by atoms with Crippen LogP contribution in [-0.4, -0.2) is 24.9 Å². The Labute approximate surface area is 57.9 Å². The molecule has 0 unspecified atom stereocenters. The summed E-state index contributed by atoms with van der Waals surface area (Å²) in [5, 5.41) is 2.58. The lowest BCUT2D eigenvalue weighted by Gasteiger charge is -2.15. The van der Waals surface area contributed by atoms with Crippen LogP contribution >= 0.6 is 0 Å². The molecule has 4 heteroatoms. The van der Waals surface area contributed by atoms with E-state index in [1.807, 2.05) is 0 Å². The Hall–Kier alpha value is -1.16. The molecule has 4 nitrogen and oxygen atoms in total. The van der Waals surface area contributed by atoms with E-state index in [1.165, 1.54) is 19.4 Å². The van der Waals surface area contributed by atoms with Crippen molar-refractivity contribution < 1.29 is 14.3 Å². The van der Waals surface area contributed by atoms with Gasteiger partial charge in [-0.15, -0.1) is 0 Å². The first-order valence-corrected chi connectivity index (χ1v) is 2.79. The minimum absolute atomic E-state index is 0.523. The van der Waals surface area contributed by atoms with Crippen LogP contribution in [0.3, 0.4) is 0 Å². The molecule has 0 radical (unpaired) electrons. The van der Waals surface area contributed by atoms with E-state index in [1.54, 1.807) is 0 Å². The van der Waals surface area contributed by atoms with Crippen LogP contribution in [0.1, 0.15) is 0 Å². The molecule has 0 fully saturated rings. The number of methoxy groups -OCH3 is 1. The van der Waals surface area contributed by atoms with Crippen LogP contribution in [0.4, 0.5) is 0 Å². The zero-order valence-electron chi connectivity index (χ0n) is 5.46. The van der Waals surface area contributed by atoms with Crippen molar-refractivity contribution in [1.29, 1.82) is 0 Å². The summed E-state index contributed by atoms with van der Waals surface area (Å²) in [4.78, 5) is 21.4. The highest BCUT2D eigenvalue weighted by Gasteiger charge is 2.24. The number of Topliss-reactive ketones (excluding diaryl/α,β-unsaturated/α-hetero) is 1. The number of carbonyl (C=O) groups is 2. The summed E-state index contributed by atoms with van der Waals surface area (Å²) in [5.41, 5.74) is 0. The van der Waals surface area contributed by atoms with Crippen LogP contribution in [0.2, 0.25) is 0 Å². The highest BCUT2D eigenvalue weighted by Crippen LogP contribution is 1.95. The third-order valence-electron chi connectivity index (χ3n) is 1.20. The van der Waals surface area contributed by atoms with E-state index in [9.17, 15) is 9.59 Å². The number of nitrogens with one attached hydrogen (secondary N) is 1. The summed E-state index contributed by atoms with van der Waals surface area (Å²) in [6.07, 6.45) is 1.79. The minimum atomic E-state index is -0.794. The number of hydrogen-bond donors (Lipinski definition) is 1. The monoisotopic (exact) mass is 141 g/mol. The van der Waals surface area contributed by atoms with Gasteiger partial charge in [0, 0.05) is 19.4 Å². The predicted molar refractivity (Wildman–Crippen MR) is 33.1 cm³/mol. The van der Waals surface area contributed by atoms with Crippen LogP contribution in [0.5, 0.6) is 0 Å². The molecule has 1 aliphatic heterocycles. The molecule has 0 saturated carbocycles. The summed E-state index contributed by atoms with van der Waals surface area (Å²) in [6.45, 7) is 0. The highest BCUT2D eigenvalue weighted by molar-refractivity contribution is 6.43. The van der Waals surface area contributed by atoms with Gasteiger partial charge in [-0.3, -0.25) is 9.59 Å². The molecule has 1 atom stereocenters. The topological polar surface area (TPSA) is 55.4 Å². The number of carbonyl (C=O) groups excluding carboxylic acids is 2. The fourth-order valence-electron chi connectivity index (χ4n) is 0.673. The third-order valence-corrected chi connectivity index (χ3v) is 1.20. The lowest BCUT2D eigenvalue weighted by molar-refractivity contribution is -0.141. The summed E-state index contributed by atoms with van der Waals surface area (Å²) in [5.74, 6) is -1.07. The van der Waals surface area contributed by atoms with Gasteiger partial charge in [-0.1, -0.05) is 0 Å². The number of rotatable bonds is 1. The molecular weight excluding hydrogens is 134 g/mol. The van der Waals surface area contributed by atoms with Gasteiger partial charge < -0.3 is 10.1 Å². The number of hydrogen-bond acceptors (Lipinski definition) is 4. The molecule has 1 aliphatic rings. The Morgan fingerprint density at radius 3 is 2.80 bits per heavy atom. The molecule has 54 valence electrons. The van der Waals surface area contributed by atoms with Crippen LogP contribution < -0.4 is 5.32 Å². The van der Waals surface area contributed by atoms with Crippen LogP contribution in [0.25, 0.3) is 0 Å². The molecule has 1 heterocycles. The molecule has 0 aromatic rings. The lowest BCUT2D eigenvalue weighted by Crippen LogP contribution is -2.42. The summed E-state index contributed by atoms with van der Waals surface area (Å²) in [6, 6.07) is 0. The van der Waals surface area contributed by atoms with Gasteiger partial charge in [0.15, 0.2) is 6.23 Å². The number of allylic oxidation sites excluding steroid dienone is 1. The van der Waals surface area contributed by atoms with Gasteiger partial charge in [-0.05, 0) is 0 Å². The summed E-state index contributed by atoms with van der Waals surface area (Å²) in [7, 11) is 1.36. The first-order valence-electron chi connectivity index (χ1n) is 2.79. The maximum atomic E-state index is 10.8. The van der Waals surface area contributed by atoms with Gasteiger partial charge in [0.25, 0.3) is 5.78 Å². The van der Waals surface area contributed by atoms with Crippen LogP contribution in [0, 0.1) is 0 Å². The van der Waals surface area contributed by atoms with E-state index < -0.39 is 17.8 Å². The maximum Gasteiger partial charge on any atom is 0.251 e. The molecule has 1 rings (SSSR count). The van der Waals surface area contributed by atoms with Gasteiger partial charge in [0.1, 0.15) is 0 Å². The van der Waals surface area contributed by atoms with Crippen molar-refractivity contribution in [3.05, 3.63) is 12.3 Å². The van der Waals surface area contributed by atoms with E-state index in [0.717, 1.165) is 0 Å². The smallest absolute Gasteiger partial charge is 0.251 e. The molecule has 1 N–H and O–H groups in total. The normalized spacial score (nSPS) is 24.7. The van der Waals surface area contributed by atoms with Crippen molar-refractivity contribution in [2.45, 2.75) is 6.23 Å². The fourth-order valence-corrected chi connectivity index (χ4v) is 0.673. The van der Waals surface area contributed by atoms with Gasteiger partial charge in [-0.2, -0.15) is 0 Å². The van der Waals surface area contributed by atoms with Crippen molar-refractivity contribution in [2.75, 3.05) is 7.11 Å². The SMILES string of the molecule is CO[C@H]1NC=CC(=O)C1=O. The average Bonchev–Trinajstić information content (AvgIpc) is 1.95. The Morgan fingerprint density at radius 2 is 2.30 bits per heavy atom. The quantitative estimate of drug-likeness (QED) is 0.486. The second-order valence-corrected chi connectivity index (χ2v) is 1.84. The van der Waals surface area contributed by atoms with Crippen molar-refractivity contribution in [3.63, 3.8) is 0 Å². The second kappa shape index (κ2) is 2.62. The lowest BCUT2D eigenvalue weighted by atomic mass is 10.2. The molecule has 0 aromatic heterocycles. The molecule has 0 aliphatic carbocycles. The average molecular weight is 141 g/mol. The van der Waals surface area contributed by atoms with E-state index in [-0.39, 0.29) is 0 Å². The molecule has 0 bridgehead atoms. The molecule has 0 amide bonds. The number of ketones is 2. The number of ether oxygens (including phenoxy) is 1. The highest BCUT2D eigenvalue weighted by atomic mass is 16.5. The largest absolute Gasteiger partial charge is 0.360 e. The van der Waals surface area contributed by atoms with Gasteiger partial charge in [0.2, 0.25) is 5.78 Å². The zero-order valence-corrected chi connectivity index (χ0v) is 5.46. The zero-order chi connectivity index (χ0) is 7.56. The van der Waals surface area contributed by atoms with Crippen molar-refractivity contribution in [3.8, 4) is 0 Å². The predicted octanol–water partition coefficient (Wildman–Crippen LogP) is -0.786. The third kappa shape index (κ3) is 1.06. The van der Waals surface area contributed by atoms with Gasteiger partial charge in [-0.25, -0.2) is 0 Å². The van der Waals surface area contributed by atoms with Gasteiger partial charge >= 0.3 is 0 Å². The Morgan fingerprint density at radius 1 is 1.60 bits per heavy atom.